The van der Waals surface area contributed by atoms with Gasteiger partial charge in [-0.2, -0.15) is 18.2 Å². The third kappa shape index (κ3) is 6.63. The molecule has 4 N–H and O–H groups in total. The number of carbonyl (C=O) groups excluding carboxylic acids is 1. The zero-order chi connectivity index (χ0) is 27.4. The molecule has 2 aromatic rings. The van der Waals surface area contributed by atoms with Gasteiger partial charge in [-0.25, -0.2) is 9.18 Å². The van der Waals surface area contributed by atoms with Gasteiger partial charge in [-0.15, -0.1) is 0 Å². The fourth-order valence-corrected chi connectivity index (χ4v) is 4.64. The number of benzene rings is 1. The SMILES string of the molecule is Cc1cc(F)c(NC(=O)N2C[C@H](N)C[C@H](C(F)(F)F)C2)cc1-c1cc(OCCO)nc(N2CCOCC2)c1. The molecule has 3 heterocycles. The number of piperidine rings is 1. The highest BCUT2D eigenvalue weighted by Gasteiger charge is 2.44. The number of likely N-dealkylation sites (tertiary alicyclic amines) is 1. The number of hydrogen-bond donors (Lipinski definition) is 3. The quantitative estimate of drug-likeness (QED) is 0.482. The summed E-state index contributed by atoms with van der Waals surface area (Å²) in [7, 11) is 0. The fourth-order valence-electron chi connectivity index (χ4n) is 4.64. The Hall–Kier alpha value is -3.16. The van der Waals surface area contributed by atoms with Gasteiger partial charge in [-0.05, 0) is 48.2 Å². The van der Waals surface area contributed by atoms with Crippen LogP contribution < -0.4 is 20.7 Å². The molecule has 0 saturated carbocycles. The molecule has 4 rings (SSSR count). The maximum Gasteiger partial charge on any atom is 0.393 e. The molecule has 2 aliphatic rings. The predicted octanol–water partition coefficient (Wildman–Crippen LogP) is 3.15. The van der Waals surface area contributed by atoms with E-state index in [2.05, 4.69) is 10.3 Å². The second kappa shape index (κ2) is 11.7. The number of aliphatic hydroxyl groups is 1. The molecule has 0 aliphatic carbocycles. The summed E-state index contributed by atoms with van der Waals surface area (Å²) in [4.78, 5) is 20.4. The van der Waals surface area contributed by atoms with Crippen molar-refractivity contribution in [3.63, 3.8) is 0 Å². The van der Waals surface area contributed by atoms with E-state index in [1.807, 2.05) is 4.90 Å². The van der Waals surface area contributed by atoms with E-state index in [0.717, 1.165) is 4.90 Å². The number of nitrogens with zero attached hydrogens (tertiary/aromatic N) is 3. The minimum absolute atomic E-state index is 0.0274. The number of urea groups is 1. The Bertz CT molecular complexity index is 1140. The summed E-state index contributed by atoms with van der Waals surface area (Å²) in [6.07, 6.45) is -4.77. The van der Waals surface area contributed by atoms with Gasteiger partial charge in [0.2, 0.25) is 5.88 Å². The van der Waals surface area contributed by atoms with Crippen LogP contribution in [0.5, 0.6) is 5.88 Å². The number of aromatic nitrogens is 1. The van der Waals surface area contributed by atoms with E-state index in [1.54, 1.807) is 19.1 Å². The van der Waals surface area contributed by atoms with Crippen molar-refractivity contribution in [3.8, 4) is 17.0 Å². The topological polar surface area (TPSA) is 113 Å². The Kier molecular flexibility index (Phi) is 8.58. The smallest absolute Gasteiger partial charge is 0.393 e. The van der Waals surface area contributed by atoms with Crippen LogP contribution in [0.3, 0.4) is 0 Å². The third-order valence-electron chi connectivity index (χ3n) is 6.56. The molecule has 0 unspecified atom stereocenters. The Labute approximate surface area is 217 Å². The molecule has 2 aliphatic heterocycles. The number of aryl methyl sites for hydroxylation is 1. The van der Waals surface area contributed by atoms with E-state index in [0.29, 0.717) is 48.8 Å². The standard InChI is InChI=1S/C25H31F4N5O4/c1-15-8-20(26)21(31-24(36)34-13-17(25(27,28)29)11-18(30)14-34)12-19(15)16-9-22(33-2-5-37-6-3-33)32-23(10-16)38-7-4-35/h8-10,12,17-18,35H,2-7,11,13-14,30H2,1H3,(H,31,36)/t17-,18+/m0/s1. The average molecular weight is 542 g/mol. The summed E-state index contributed by atoms with van der Waals surface area (Å²) in [6, 6.07) is 4.42. The molecule has 13 heteroatoms. The number of rotatable bonds is 6. The number of halogens is 4. The lowest BCUT2D eigenvalue weighted by atomic mass is 9.94. The van der Waals surface area contributed by atoms with Crippen molar-refractivity contribution >= 4 is 17.5 Å². The van der Waals surface area contributed by atoms with Crippen molar-refractivity contribution in [1.29, 1.82) is 0 Å². The van der Waals surface area contributed by atoms with E-state index in [-0.39, 0.29) is 37.7 Å². The summed E-state index contributed by atoms with van der Waals surface area (Å²) in [5.74, 6) is -1.61. The van der Waals surface area contributed by atoms with Gasteiger partial charge < -0.3 is 35.4 Å². The van der Waals surface area contributed by atoms with Crippen LogP contribution in [0.4, 0.5) is 33.9 Å². The number of nitrogens with one attached hydrogen (secondary N) is 1. The van der Waals surface area contributed by atoms with Crippen LogP contribution in [0.25, 0.3) is 11.1 Å². The first-order valence-electron chi connectivity index (χ1n) is 12.3. The minimum Gasteiger partial charge on any atom is -0.475 e. The van der Waals surface area contributed by atoms with E-state index in [9.17, 15) is 27.5 Å². The zero-order valence-corrected chi connectivity index (χ0v) is 20.9. The molecule has 2 atom stereocenters. The van der Waals surface area contributed by atoms with Crippen molar-refractivity contribution in [2.24, 2.45) is 11.7 Å². The number of anilines is 2. The molecule has 9 nitrogen and oxygen atoms in total. The molecule has 1 aromatic carbocycles. The predicted molar refractivity (Wildman–Crippen MR) is 133 cm³/mol. The maximum absolute atomic E-state index is 14.9. The van der Waals surface area contributed by atoms with Crippen molar-refractivity contribution in [2.45, 2.75) is 25.6 Å². The molecule has 38 heavy (non-hydrogen) atoms. The monoisotopic (exact) mass is 541 g/mol. The molecule has 2 fully saturated rings. The van der Waals surface area contributed by atoms with Crippen molar-refractivity contribution in [1.82, 2.24) is 9.88 Å². The molecular formula is C25H31F4N5O4. The van der Waals surface area contributed by atoms with Gasteiger partial charge in [-0.1, -0.05) is 0 Å². The molecule has 2 amide bonds. The highest BCUT2D eigenvalue weighted by molar-refractivity contribution is 5.91. The van der Waals surface area contributed by atoms with E-state index in [4.69, 9.17) is 15.2 Å². The molecule has 1 aromatic heterocycles. The second-order valence-electron chi connectivity index (χ2n) is 9.44. The molecule has 0 radical (unpaired) electrons. The van der Waals surface area contributed by atoms with Crippen LogP contribution in [-0.4, -0.2) is 85.8 Å². The highest BCUT2D eigenvalue weighted by atomic mass is 19.4. The summed E-state index contributed by atoms with van der Waals surface area (Å²) >= 11 is 0. The minimum atomic E-state index is -4.49. The first-order valence-corrected chi connectivity index (χ1v) is 12.3. The van der Waals surface area contributed by atoms with Gasteiger partial charge in [0, 0.05) is 38.3 Å². The van der Waals surface area contributed by atoms with Gasteiger partial charge in [0.25, 0.3) is 0 Å². The first kappa shape index (κ1) is 27.9. The number of nitrogens with two attached hydrogens (primary N) is 1. The van der Waals surface area contributed by atoms with E-state index < -0.39 is 36.5 Å². The Morgan fingerprint density at radius 1 is 1.24 bits per heavy atom. The van der Waals surface area contributed by atoms with E-state index >= 15 is 0 Å². The number of hydrogen-bond acceptors (Lipinski definition) is 7. The lowest BCUT2D eigenvalue weighted by Crippen LogP contribution is -2.53. The normalized spacial score (nSPS) is 20.4. The van der Waals surface area contributed by atoms with Gasteiger partial charge in [-0.3, -0.25) is 0 Å². The van der Waals surface area contributed by atoms with Crippen LogP contribution in [0.2, 0.25) is 0 Å². The summed E-state index contributed by atoms with van der Waals surface area (Å²) in [5, 5.41) is 11.6. The zero-order valence-electron chi connectivity index (χ0n) is 20.9. The molecular weight excluding hydrogens is 510 g/mol. The molecule has 208 valence electrons. The Balaban J connectivity index is 1.63. The van der Waals surface area contributed by atoms with Crippen molar-refractivity contribution < 1.29 is 36.9 Å². The van der Waals surface area contributed by atoms with Crippen LogP contribution in [0, 0.1) is 18.7 Å². The third-order valence-corrected chi connectivity index (χ3v) is 6.56. The number of alkyl halides is 3. The number of amides is 2. The van der Waals surface area contributed by atoms with Gasteiger partial charge in [0.1, 0.15) is 18.2 Å². The average Bonchev–Trinajstić information content (AvgIpc) is 2.88. The Morgan fingerprint density at radius 3 is 2.66 bits per heavy atom. The van der Waals surface area contributed by atoms with Crippen LogP contribution >= 0.6 is 0 Å². The number of aliphatic hydroxyl groups excluding tert-OH is 1. The lowest BCUT2D eigenvalue weighted by molar-refractivity contribution is -0.185. The van der Waals surface area contributed by atoms with Crippen molar-refractivity contribution in [3.05, 3.63) is 35.6 Å². The Morgan fingerprint density at radius 2 is 1.97 bits per heavy atom. The summed E-state index contributed by atoms with van der Waals surface area (Å²) in [6.45, 7) is 3.16. The van der Waals surface area contributed by atoms with Crippen molar-refractivity contribution in [2.75, 3.05) is 62.8 Å². The fraction of sp³-hybridized carbons (Fsp3) is 0.520. The number of carbonyl (C=O) groups is 1. The maximum atomic E-state index is 14.9. The number of pyridine rings is 1. The largest absolute Gasteiger partial charge is 0.475 e. The highest BCUT2D eigenvalue weighted by Crippen LogP contribution is 2.35. The first-order chi connectivity index (χ1) is 18.0. The second-order valence-corrected chi connectivity index (χ2v) is 9.44. The van der Waals surface area contributed by atoms with Crippen LogP contribution in [-0.2, 0) is 4.74 Å². The van der Waals surface area contributed by atoms with Gasteiger partial charge in [0.15, 0.2) is 0 Å². The van der Waals surface area contributed by atoms with E-state index in [1.165, 1.54) is 12.1 Å². The molecule has 2 saturated heterocycles. The van der Waals surface area contributed by atoms with Gasteiger partial charge in [0.05, 0.1) is 31.4 Å². The summed E-state index contributed by atoms with van der Waals surface area (Å²) in [5.41, 5.74) is 7.35. The van der Waals surface area contributed by atoms with Crippen LogP contribution in [0.15, 0.2) is 24.3 Å². The van der Waals surface area contributed by atoms with Gasteiger partial charge >= 0.3 is 12.2 Å². The molecule has 0 bridgehead atoms. The number of morpholine rings is 1. The summed E-state index contributed by atoms with van der Waals surface area (Å²) < 4.78 is 65.8. The molecule has 0 spiro atoms. The number of ether oxygens (including phenoxy) is 2. The van der Waals surface area contributed by atoms with Crippen LogP contribution in [0.1, 0.15) is 12.0 Å². The lowest BCUT2D eigenvalue weighted by Gasteiger charge is -2.37.